The highest BCUT2D eigenvalue weighted by atomic mass is 16.5. The molecule has 2 aliphatic rings. The molecule has 1 aromatic carbocycles. The molecule has 2 aliphatic heterocycles. The standard InChI is InChI=1S/C22H27NO2/c1-2-4-21-19(3-1)20(7-5-17-9-13-24-14-10-17)22(23-21)8-6-18-11-15-25-16-12-18/h1-8,17-18,23H,9-16H2/b7-5+,8-6+. The molecular weight excluding hydrogens is 310 g/mol. The average Bonchev–Trinajstić information content (AvgIpc) is 3.04. The Morgan fingerprint density at radius 3 is 2.08 bits per heavy atom. The van der Waals surface area contributed by atoms with Gasteiger partial charge in [-0.25, -0.2) is 0 Å². The summed E-state index contributed by atoms with van der Waals surface area (Å²) in [5, 5.41) is 1.30. The summed E-state index contributed by atoms with van der Waals surface area (Å²) in [6.07, 6.45) is 13.9. The minimum Gasteiger partial charge on any atom is -0.381 e. The summed E-state index contributed by atoms with van der Waals surface area (Å²) in [6, 6.07) is 8.58. The molecule has 3 heteroatoms. The van der Waals surface area contributed by atoms with E-state index < -0.39 is 0 Å². The van der Waals surface area contributed by atoms with Crippen LogP contribution in [0.5, 0.6) is 0 Å². The van der Waals surface area contributed by atoms with Crippen LogP contribution >= 0.6 is 0 Å². The molecule has 0 saturated carbocycles. The molecule has 0 bridgehead atoms. The number of allylic oxidation sites excluding steroid dienone is 2. The fourth-order valence-electron chi connectivity index (χ4n) is 3.78. The Hall–Kier alpha value is -1.84. The average molecular weight is 337 g/mol. The first-order chi connectivity index (χ1) is 12.4. The van der Waals surface area contributed by atoms with Crippen molar-refractivity contribution < 1.29 is 9.47 Å². The molecule has 3 heterocycles. The lowest BCUT2D eigenvalue weighted by molar-refractivity contribution is 0.0786. The van der Waals surface area contributed by atoms with Gasteiger partial charge in [0, 0.05) is 48.6 Å². The lowest BCUT2D eigenvalue weighted by atomic mass is 9.97. The first-order valence-corrected chi connectivity index (χ1v) is 9.53. The normalized spacial score (nSPS) is 21.0. The largest absolute Gasteiger partial charge is 0.381 e. The highest BCUT2D eigenvalue weighted by Crippen LogP contribution is 2.27. The van der Waals surface area contributed by atoms with Crippen molar-refractivity contribution in [2.24, 2.45) is 11.8 Å². The molecular formula is C22H27NO2. The number of aromatic nitrogens is 1. The number of aromatic amines is 1. The molecule has 0 amide bonds. The van der Waals surface area contributed by atoms with E-state index in [0.717, 1.165) is 52.1 Å². The van der Waals surface area contributed by atoms with Gasteiger partial charge in [0.25, 0.3) is 0 Å². The van der Waals surface area contributed by atoms with Gasteiger partial charge in [-0.05, 0) is 49.7 Å². The van der Waals surface area contributed by atoms with Crippen molar-refractivity contribution in [3.63, 3.8) is 0 Å². The first-order valence-electron chi connectivity index (χ1n) is 9.53. The monoisotopic (exact) mass is 337 g/mol. The van der Waals surface area contributed by atoms with E-state index in [1.165, 1.54) is 22.2 Å². The van der Waals surface area contributed by atoms with Crippen LogP contribution < -0.4 is 0 Å². The molecule has 2 saturated heterocycles. The lowest BCUT2D eigenvalue weighted by Crippen LogP contribution is -2.13. The van der Waals surface area contributed by atoms with Crippen molar-refractivity contribution in [3.8, 4) is 0 Å². The van der Waals surface area contributed by atoms with Crippen LogP contribution in [0.3, 0.4) is 0 Å². The maximum atomic E-state index is 5.48. The van der Waals surface area contributed by atoms with Crippen LogP contribution in [0, 0.1) is 11.8 Å². The molecule has 2 aromatic rings. The fourth-order valence-corrected chi connectivity index (χ4v) is 3.78. The Bertz CT molecular complexity index is 746. The van der Waals surface area contributed by atoms with Gasteiger partial charge in [0.2, 0.25) is 0 Å². The molecule has 3 nitrogen and oxygen atoms in total. The minimum absolute atomic E-state index is 0.632. The van der Waals surface area contributed by atoms with Crippen LogP contribution in [0.4, 0.5) is 0 Å². The van der Waals surface area contributed by atoms with Crippen LogP contribution in [0.1, 0.15) is 36.9 Å². The zero-order chi connectivity index (χ0) is 16.9. The molecule has 0 unspecified atom stereocenters. The maximum absolute atomic E-state index is 5.48. The maximum Gasteiger partial charge on any atom is 0.0471 e. The molecule has 0 radical (unpaired) electrons. The third kappa shape index (κ3) is 4.05. The molecule has 2 fully saturated rings. The topological polar surface area (TPSA) is 34.2 Å². The number of nitrogens with one attached hydrogen (secondary N) is 1. The summed E-state index contributed by atoms with van der Waals surface area (Å²) in [6.45, 7) is 3.55. The second-order valence-corrected chi connectivity index (χ2v) is 7.12. The number of benzene rings is 1. The van der Waals surface area contributed by atoms with E-state index in [-0.39, 0.29) is 0 Å². The first kappa shape index (κ1) is 16.6. The second kappa shape index (κ2) is 8.03. The zero-order valence-corrected chi connectivity index (χ0v) is 14.7. The molecule has 132 valence electrons. The van der Waals surface area contributed by atoms with Gasteiger partial charge in [0.05, 0.1) is 0 Å². The summed E-state index contributed by atoms with van der Waals surface area (Å²) >= 11 is 0. The number of hydrogen-bond donors (Lipinski definition) is 1. The Kier molecular flexibility index (Phi) is 5.34. The molecule has 0 aliphatic carbocycles. The second-order valence-electron chi connectivity index (χ2n) is 7.12. The lowest BCUT2D eigenvalue weighted by Gasteiger charge is -2.18. The molecule has 25 heavy (non-hydrogen) atoms. The molecule has 1 aromatic heterocycles. The fraction of sp³-hybridized carbons (Fsp3) is 0.455. The quantitative estimate of drug-likeness (QED) is 0.847. The van der Waals surface area contributed by atoms with Gasteiger partial charge in [-0.3, -0.25) is 0 Å². The van der Waals surface area contributed by atoms with E-state index in [1.807, 2.05) is 0 Å². The van der Waals surface area contributed by atoms with Gasteiger partial charge in [-0.2, -0.15) is 0 Å². The highest BCUT2D eigenvalue weighted by Gasteiger charge is 2.13. The molecule has 1 N–H and O–H groups in total. The molecule has 4 rings (SSSR count). The van der Waals surface area contributed by atoms with Gasteiger partial charge < -0.3 is 14.5 Å². The predicted molar refractivity (Wildman–Crippen MR) is 103 cm³/mol. The van der Waals surface area contributed by atoms with Crippen molar-refractivity contribution in [2.75, 3.05) is 26.4 Å². The number of rotatable bonds is 4. The van der Waals surface area contributed by atoms with Crippen LogP contribution in [0.15, 0.2) is 36.4 Å². The van der Waals surface area contributed by atoms with Crippen molar-refractivity contribution in [1.29, 1.82) is 0 Å². The number of H-pyrrole nitrogens is 1. The van der Waals surface area contributed by atoms with Gasteiger partial charge in [0.1, 0.15) is 0 Å². The van der Waals surface area contributed by atoms with Crippen LogP contribution in [0.25, 0.3) is 23.1 Å². The van der Waals surface area contributed by atoms with E-state index in [9.17, 15) is 0 Å². The van der Waals surface area contributed by atoms with Gasteiger partial charge >= 0.3 is 0 Å². The number of ether oxygens (including phenoxy) is 2. The van der Waals surface area contributed by atoms with Crippen molar-refractivity contribution in [2.45, 2.75) is 25.7 Å². The summed E-state index contributed by atoms with van der Waals surface area (Å²) in [7, 11) is 0. The minimum atomic E-state index is 0.632. The van der Waals surface area contributed by atoms with E-state index >= 15 is 0 Å². The summed E-state index contributed by atoms with van der Waals surface area (Å²) in [5.41, 5.74) is 3.74. The van der Waals surface area contributed by atoms with Crippen molar-refractivity contribution in [1.82, 2.24) is 4.98 Å². The van der Waals surface area contributed by atoms with Crippen LogP contribution in [-0.4, -0.2) is 31.4 Å². The van der Waals surface area contributed by atoms with Crippen molar-refractivity contribution in [3.05, 3.63) is 47.7 Å². The van der Waals surface area contributed by atoms with Crippen molar-refractivity contribution >= 4 is 23.1 Å². The Labute approximate surface area is 149 Å². The van der Waals surface area contributed by atoms with Gasteiger partial charge in [-0.1, -0.05) is 36.4 Å². The smallest absolute Gasteiger partial charge is 0.0471 e. The Balaban J connectivity index is 1.60. The Morgan fingerprint density at radius 1 is 0.800 bits per heavy atom. The Morgan fingerprint density at radius 2 is 1.40 bits per heavy atom. The van der Waals surface area contributed by atoms with E-state index in [1.54, 1.807) is 0 Å². The molecule has 0 spiro atoms. The van der Waals surface area contributed by atoms with E-state index in [0.29, 0.717) is 11.8 Å². The van der Waals surface area contributed by atoms with E-state index in [4.69, 9.17) is 9.47 Å². The summed E-state index contributed by atoms with van der Waals surface area (Å²) < 4.78 is 10.9. The predicted octanol–water partition coefficient (Wildman–Crippen LogP) is 5.05. The summed E-state index contributed by atoms with van der Waals surface area (Å²) in [4.78, 5) is 3.60. The zero-order valence-electron chi connectivity index (χ0n) is 14.7. The van der Waals surface area contributed by atoms with Crippen LogP contribution in [0.2, 0.25) is 0 Å². The van der Waals surface area contributed by atoms with E-state index in [2.05, 4.69) is 53.6 Å². The number of fused-ring (bicyclic) bond motifs is 1. The number of hydrogen-bond acceptors (Lipinski definition) is 2. The SMILES string of the molecule is C(=C\C1CCOCC1)/c1[nH]c2ccccc2c1/C=C/C1CCOCC1. The third-order valence-electron chi connectivity index (χ3n) is 5.38. The highest BCUT2D eigenvalue weighted by molar-refractivity contribution is 5.93. The van der Waals surface area contributed by atoms with Crippen LogP contribution in [-0.2, 0) is 9.47 Å². The molecule has 0 atom stereocenters. The number of para-hydroxylation sites is 1. The van der Waals surface area contributed by atoms with Gasteiger partial charge in [0.15, 0.2) is 0 Å². The third-order valence-corrected chi connectivity index (χ3v) is 5.38. The van der Waals surface area contributed by atoms with Gasteiger partial charge in [-0.15, -0.1) is 0 Å². The summed E-state index contributed by atoms with van der Waals surface area (Å²) in [5.74, 6) is 1.27.